The Kier molecular flexibility index (Phi) is 7.00. The number of ether oxygens (including phenoxy) is 1. The van der Waals surface area contributed by atoms with Gasteiger partial charge in [-0.2, -0.15) is 0 Å². The molecule has 0 fully saturated rings. The summed E-state index contributed by atoms with van der Waals surface area (Å²) in [5, 5.41) is 10.3. The van der Waals surface area contributed by atoms with Crippen LogP contribution in [-0.4, -0.2) is 35.1 Å². The number of halogens is 5. The van der Waals surface area contributed by atoms with Gasteiger partial charge in [-0.15, -0.1) is 13.2 Å². The van der Waals surface area contributed by atoms with Crippen LogP contribution in [0, 0.1) is 0 Å². The third kappa shape index (κ3) is 5.04. The number of aromatic nitrogens is 2. The second-order valence-corrected chi connectivity index (χ2v) is 11.5. The number of aromatic amines is 1. The van der Waals surface area contributed by atoms with Crippen molar-refractivity contribution in [3.05, 3.63) is 76.0 Å². The van der Waals surface area contributed by atoms with Gasteiger partial charge in [-0.3, -0.25) is 0 Å². The number of nitrogens with one attached hydrogen (secondary N) is 1. The van der Waals surface area contributed by atoms with E-state index < -0.39 is 33.3 Å². The first kappa shape index (κ1) is 26.3. The number of imidazole rings is 1. The summed E-state index contributed by atoms with van der Waals surface area (Å²) in [6.45, 7) is 3.15. The van der Waals surface area contributed by atoms with E-state index in [0.717, 1.165) is 6.07 Å². The number of nitrogens with zero attached hydrogens (tertiary/aromatic N) is 1. The van der Waals surface area contributed by atoms with Crippen molar-refractivity contribution in [1.82, 2.24) is 9.97 Å². The number of fused-ring (bicyclic) bond motifs is 1. The number of benzene rings is 3. The van der Waals surface area contributed by atoms with Gasteiger partial charge < -0.3 is 14.8 Å². The molecule has 0 saturated carbocycles. The van der Waals surface area contributed by atoms with Gasteiger partial charge in [-0.05, 0) is 43.7 Å². The number of aliphatic hydroxyl groups is 1. The molecule has 36 heavy (non-hydrogen) atoms. The number of aliphatic hydroxyl groups excluding tert-OH is 1. The molecule has 0 aliphatic heterocycles. The van der Waals surface area contributed by atoms with Crippen LogP contribution >= 0.6 is 23.2 Å². The Morgan fingerprint density at radius 1 is 1.06 bits per heavy atom. The van der Waals surface area contributed by atoms with Crippen molar-refractivity contribution in [1.29, 1.82) is 0 Å². The third-order valence-electron chi connectivity index (χ3n) is 5.47. The summed E-state index contributed by atoms with van der Waals surface area (Å²) in [5.74, 6) is -0.403. The van der Waals surface area contributed by atoms with E-state index in [4.69, 9.17) is 23.2 Å². The zero-order chi connectivity index (χ0) is 26.4. The minimum atomic E-state index is -4.92. The summed E-state index contributed by atoms with van der Waals surface area (Å²) in [6.07, 6.45) is -6.19. The van der Waals surface area contributed by atoms with E-state index in [1.807, 2.05) is 0 Å². The van der Waals surface area contributed by atoms with Crippen LogP contribution in [-0.2, 0) is 9.84 Å². The molecule has 1 heterocycles. The molecular weight excluding hydrogens is 540 g/mol. The van der Waals surface area contributed by atoms with Crippen molar-refractivity contribution in [3.8, 4) is 16.9 Å². The van der Waals surface area contributed by atoms with Crippen molar-refractivity contribution in [3.63, 3.8) is 0 Å². The van der Waals surface area contributed by atoms with Crippen LogP contribution < -0.4 is 4.74 Å². The number of para-hydroxylation sites is 1. The lowest BCUT2D eigenvalue weighted by molar-refractivity contribution is -0.274. The molecule has 2 N–H and O–H groups in total. The molecular formula is C24H19Cl2F3N2O4S. The van der Waals surface area contributed by atoms with Crippen LogP contribution in [0.2, 0.25) is 10.0 Å². The van der Waals surface area contributed by atoms with Crippen molar-refractivity contribution in [2.45, 2.75) is 36.5 Å². The van der Waals surface area contributed by atoms with Crippen LogP contribution in [0.4, 0.5) is 13.2 Å². The molecule has 1 aromatic heterocycles. The number of H-pyrrole nitrogens is 1. The number of sulfone groups is 1. The van der Waals surface area contributed by atoms with Crippen LogP contribution in [0.1, 0.15) is 31.3 Å². The Morgan fingerprint density at radius 3 is 2.31 bits per heavy atom. The lowest BCUT2D eigenvalue weighted by Crippen LogP contribution is -2.17. The molecule has 0 radical (unpaired) electrons. The summed E-state index contributed by atoms with van der Waals surface area (Å²) in [4.78, 5) is 7.38. The van der Waals surface area contributed by atoms with Gasteiger partial charge in [0.05, 0.1) is 25.7 Å². The van der Waals surface area contributed by atoms with Crippen molar-refractivity contribution in [2.24, 2.45) is 0 Å². The van der Waals surface area contributed by atoms with Gasteiger partial charge in [-0.25, -0.2) is 13.4 Å². The van der Waals surface area contributed by atoms with E-state index >= 15 is 0 Å². The Hall–Kier alpha value is -2.79. The van der Waals surface area contributed by atoms with Gasteiger partial charge in [-0.1, -0.05) is 53.5 Å². The third-order valence-corrected chi connectivity index (χ3v) is 8.31. The molecule has 190 valence electrons. The SMILES string of the molecule is CC(C)S(=O)(=O)c1ccc(C(O)c2nc3c(Cl)c(-c4ccccc4OC(F)(F)F)c(Cl)cc3[nH]2)cc1. The minimum absolute atomic E-state index is 0.0128. The van der Waals surface area contributed by atoms with Crippen LogP contribution in [0.3, 0.4) is 0 Å². The fraction of sp³-hybridized carbons (Fsp3) is 0.208. The molecule has 1 atom stereocenters. The minimum Gasteiger partial charge on any atom is -0.405 e. The summed E-state index contributed by atoms with van der Waals surface area (Å²) < 4.78 is 67.5. The van der Waals surface area contributed by atoms with E-state index in [2.05, 4.69) is 14.7 Å². The average Bonchev–Trinajstić information content (AvgIpc) is 3.23. The number of hydrogen-bond acceptors (Lipinski definition) is 5. The Balaban J connectivity index is 1.75. The second kappa shape index (κ2) is 9.59. The monoisotopic (exact) mass is 558 g/mol. The smallest absolute Gasteiger partial charge is 0.405 e. The molecule has 0 bridgehead atoms. The van der Waals surface area contributed by atoms with Crippen LogP contribution in [0.25, 0.3) is 22.2 Å². The highest BCUT2D eigenvalue weighted by molar-refractivity contribution is 7.92. The van der Waals surface area contributed by atoms with E-state index in [-0.39, 0.29) is 37.4 Å². The summed E-state index contributed by atoms with van der Waals surface area (Å²) in [7, 11) is -3.48. The Morgan fingerprint density at radius 2 is 1.69 bits per heavy atom. The fourth-order valence-corrected chi connectivity index (χ4v) is 5.39. The maximum absolute atomic E-state index is 12.9. The van der Waals surface area contributed by atoms with Gasteiger partial charge in [0, 0.05) is 11.1 Å². The van der Waals surface area contributed by atoms with Gasteiger partial charge in [0.15, 0.2) is 9.84 Å². The van der Waals surface area contributed by atoms with E-state index in [9.17, 15) is 26.7 Å². The van der Waals surface area contributed by atoms with E-state index in [1.54, 1.807) is 13.8 Å². The first-order valence-corrected chi connectivity index (χ1v) is 12.8. The van der Waals surface area contributed by atoms with Crippen molar-refractivity contribution in [2.75, 3.05) is 0 Å². The lowest BCUT2D eigenvalue weighted by Gasteiger charge is -2.15. The highest BCUT2D eigenvalue weighted by Gasteiger charge is 2.33. The highest BCUT2D eigenvalue weighted by Crippen LogP contribution is 2.44. The van der Waals surface area contributed by atoms with Gasteiger partial charge >= 0.3 is 6.36 Å². The van der Waals surface area contributed by atoms with E-state index in [1.165, 1.54) is 48.5 Å². The van der Waals surface area contributed by atoms with E-state index in [0.29, 0.717) is 11.1 Å². The maximum Gasteiger partial charge on any atom is 0.573 e. The van der Waals surface area contributed by atoms with Crippen molar-refractivity contribution < 1.29 is 31.4 Å². The highest BCUT2D eigenvalue weighted by atomic mass is 35.5. The van der Waals surface area contributed by atoms with Gasteiger partial charge in [0.25, 0.3) is 0 Å². The Labute approximate surface area is 214 Å². The predicted octanol–water partition coefficient (Wildman–Crippen LogP) is 6.70. The average molecular weight is 559 g/mol. The summed E-state index contributed by atoms with van der Waals surface area (Å²) in [5.41, 5.74) is 0.977. The van der Waals surface area contributed by atoms with Crippen LogP contribution in [0.5, 0.6) is 5.75 Å². The topological polar surface area (TPSA) is 92.3 Å². The van der Waals surface area contributed by atoms with Crippen molar-refractivity contribution >= 4 is 44.1 Å². The quantitative estimate of drug-likeness (QED) is 0.274. The summed E-state index contributed by atoms with van der Waals surface area (Å²) >= 11 is 12.9. The van der Waals surface area contributed by atoms with Crippen LogP contribution in [0.15, 0.2) is 59.5 Å². The molecule has 0 saturated heterocycles. The molecule has 0 amide bonds. The number of rotatable bonds is 6. The standard InChI is InChI=1S/C24H19Cl2F3N2O4S/c1-12(2)36(33,34)14-9-7-13(8-10-14)22(32)23-30-17-11-16(25)19(20(26)21(17)31-23)15-5-3-4-6-18(15)35-24(27,28)29/h3-12,22,32H,1-2H3,(H,30,31). The molecule has 0 aliphatic rings. The molecule has 0 aliphatic carbocycles. The largest absolute Gasteiger partial charge is 0.573 e. The molecule has 0 spiro atoms. The second-order valence-electron chi connectivity index (χ2n) is 8.17. The zero-order valence-electron chi connectivity index (χ0n) is 18.8. The lowest BCUT2D eigenvalue weighted by atomic mass is 10.0. The summed E-state index contributed by atoms with van der Waals surface area (Å²) in [6, 6.07) is 12.6. The molecule has 1 unspecified atom stereocenters. The molecule has 12 heteroatoms. The van der Waals surface area contributed by atoms with Gasteiger partial charge in [0.2, 0.25) is 0 Å². The molecule has 3 aromatic carbocycles. The van der Waals surface area contributed by atoms with Gasteiger partial charge in [0.1, 0.15) is 23.2 Å². The molecule has 4 rings (SSSR count). The maximum atomic E-state index is 12.9. The Bertz CT molecular complexity index is 1540. The first-order chi connectivity index (χ1) is 16.8. The molecule has 4 aromatic rings. The zero-order valence-corrected chi connectivity index (χ0v) is 21.1. The normalized spacial score (nSPS) is 13.4. The molecule has 6 nitrogen and oxygen atoms in total. The number of alkyl halides is 3. The number of hydrogen-bond donors (Lipinski definition) is 2. The fourth-order valence-electron chi connectivity index (χ4n) is 3.63. The predicted molar refractivity (Wildman–Crippen MR) is 131 cm³/mol. The first-order valence-electron chi connectivity index (χ1n) is 10.5.